The fraction of sp³-hybridized carbons (Fsp3) is 0.600. The summed E-state index contributed by atoms with van der Waals surface area (Å²) < 4.78 is 0. The molecule has 0 spiro atoms. The SMILES string of the molecule is CCN(CC)CCCc1ccc(NC)cc1C. The molecule has 0 atom stereocenters. The molecule has 2 nitrogen and oxygen atoms in total. The van der Waals surface area contributed by atoms with E-state index in [1.807, 2.05) is 7.05 Å². The van der Waals surface area contributed by atoms with Gasteiger partial charge in [0.25, 0.3) is 0 Å². The number of nitrogens with zero attached hydrogens (tertiary/aromatic N) is 1. The van der Waals surface area contributed by atoms with E-state index >= 15 is 0 Å². The van der Waals surface area contributed by atoms with E-state index in [9.17, 15) is 0 Å². The van der Waals surface area contributed by atoms with Crippen molar-refractivity contribution in [2.75, 3.05) is 32.0 Å². The number of anilines is 1. The minimum absolute atomic E-state index is 1.16. The fourth-order valence-corrected chi connectivity index (χ4v) is 2.16. The van der Waals surface area contributed by atoms with Crippen LogP contribution in [-0.4, -0.2) is 31.6 Å². The lowest BCUT2D eigenvalue weighted by molar-refractivity contribution is 0.300. The first kappa shape index (κ1) is 14.0. The molecular formula is C15H26N2. The van der Waals surface area contributed by atoms with Crippen LogP contribution in [0.5, 0.6) is 0 Å². The second-order valence-corrected chi connectivity index (χ2v) is 4.52. The summed E-state index contributed by atoms with van der Waals surface area (Å²) in [5.74, 6) is 0. The maximum Gasteiger partial charge on any atom is 0.0340 e. The standard InChI is InChI=1S/C15H26N2/c1-5-17(6-2)11-7-8-14-9-10-15(16-4)12-13(14)3/h9-10,12,16H,5-8,11H2,1-4H3. The predicted molar refractivity (Wildman–Crippen MR) is 76.8 cm³/mol. The van der Waals surface area contributed by atoms with Gasteiger partial charge in [-0.05, 0) is 62.7 Å². The average molecular weight is 234 g/mol. The Bertz CT molecular complexity index is 330. The fourth-order valence-electron chi connectivity index (χ4n) is 2.16. The van der Waals surface area contributed by atoms with Crippen LogP contribution in [0.1, 0.15) is 31.4 Å². The van der Waals surface area contributed by atoms with Crippen molar-refractivity contribution in [2.24, 2.45) is 0 Å². The zero-order valence-corrected chi connectivity index (χ0v) is 11.7. The van der Waals surface area contributed by atoms with Crippen molar-refractivity contribution >= 4 is 5.69 Å². The topological polar surface area (TPSA) is 15.3 Å². The van der Waals surface area contributed by atoms with Crippen LogP contribution >= 0.6 is 0 Å². The lowest BCUT2D eigenvalue weighted by Gasteiger charge is -2.18. The molecular weight excluding hydrogens is 208 g/mol. The highest BCUT2D eigenvalue weighted by atomic mass is 15.1. The maximum absolute atomic E-state index is 3.18. The van der Waals surface area contributed by atoms with Crippen LogP contribution in [0.3, 0.4) is 0 Å². The van der Waals surface area contributed by atoms with Gasteiger partial charge in [-0.1, -0.05) is 19.9 Å². The van der Waals surface area contributed by atoms with Crippen LogP contribution in [-0.2, 0) is 6.42 Å². The lowest BCUT2D eigenvalue weighted by atomic mass is 10.0. The molecule has 0 unspecified atom stereocenters. The quantitative estimate of drug-likeness (QED) is 0.778. The molecule has 0 radical (unpaired) electrons. The molecule has 2 heteroatoms. The summed E-state index contributed by atoms with van der Waals surface area (Å²) in [5, 5.41) is 3.18. The van der Waals surface area contributed by atoms with Gasteiger partial charge in [-0.25, -0.2) is 0 Å². The van der Waals surface area contributed by atoms with Gasteiger partial charge in [-0.15, -0.1) is 0 Å². The van der Waals surface area contributed by atoms with Crippen molar-refractivity contribution < 1.29 is 0 Å². The van der Waals surface area contributed by atoms with Gasteiger partial charge in [0.2, 0.25) is 0 Å². The predicted octanol–water partition coefficient (Wildman–Crippen LogP) is 3.31. The Hall–Kier alpha value is -1.02. The van der Waals surface area contributed by atoms with Crippen LogP contribution in [0, 0.1) is 6.92 Å². The zero-order valence-electron chi connectivity index (χ0n) is 11.7. The Morgan fingerprint density at radius 3 is 2.41 bits per heavy atom. The number of hydrogen-bond acceptors (Lipinski definition) is 2. The second kappa shape index (κ2) is 7.33. The Morgan fingerprint density at radius 1 is 1.18 bits per heavy atom. The minimum atomic E-state index is 1.16. The first-order valence-corrected chi connectivity index (χ1v) is 6.70. The van der Waals surface area contributed by atoms with E-state index in [2.05, 4.69) is 49.2 Å². The number of benzene rings is 1. The molecule has 0 saturated heterocycles. The van der Waals surface area contributed by atoms with Crippen LogP contribution < -0.4 is 5.32 Å². The van der Waals surface area contributed by atoms with Crippen LogP contribution in [0.2, 0.25) is 0 Å². The number of aryl methyl sites for hydroxylation is 2. The average Bonchev–Trinajstić information content (AvgIpc) is 2.36. The molecule has 17 heavy (non-hydrogen) atoms. The van der Waals surface area contributed by atoms with Crippen LogP contribution in [0.4, 0.5) is 5.69 Å². The van der Waals surface area contributed by atoms with E-state index in [-0.39, 0.29) is 0 Å². The molecule has 0 heterocycles. The Labute approximate surface area is 106 Å². The van der Waals surface area contributed by atoms with Crippen LogP contribution in [0.25, 0.3) is 0 Å². The lowest BCUT2D eigenvalue weighted by Crippen LogP contribution is -2.24. The van der Waals surface area contributed by atoms with E-state index in [4.69, 9.17) is 0 Å². The summed E-state index contributed by atoms with van der Waals surface area (Å²) in [5.41, 5.74) is 4.09. The highest BCUT2D eigenvalue weighted by molar-refractivity contribution is 5.47. The third-order valence-corrected chi connectivity index (χ3v) is 3.45. The molecule has 0 aliphatic heterocycles. The van der Waals surface area contributed by atoms with Gasteiger partial charge in [0.1, 0.15) is 0 Å². The highest BCUT2D eigenvalue weighted by Crippen LogP contribution is 2.16. The minimum Gasteiger partial charge on any atom is -0.388 e. The number of rotatable bonds is 7. The molecule has 96 valence electrons. The molecule has 0 bridgehead atoms. The highest BCUT2D eigenvalue weighted by Gasteiger charge is 2.02. The van der Waals surface area contributed by atoms with Gasteiger partial charge in [0, 0.05) is 12.7 Å². The molecule has 0 aliphatic rings. The van der Waals surface area contributed by atoms with Gasteiger partial charge in [-0.2, -0.15) is 0 Å². The third kappa shape index (κ3) is 4.39. The van der Waals surface area contributed by atoms with Gasteiger partial charge in [0.15, 0.2) is 0 Å². The molecule has 0 amide bonds. The van der Waals surface area contributed by atoms with Crippen molar-refractivity contribution in [3.05, 3.63) is 29.3 Å². The number of nitrogens with one attached hydrogen (secondary N) is 1. The molecule has 1 aromatic rings. The number of hydrogen-bond donors (Lipinski definition) is 1. The largest absolute Gasteiger partial charge is 0.388 e. The monoisotopic (exact) mass is 234 g/mol. The van der Waals surface area contributed by atoms with Crippen molar-refractivity contribution in [1.29, 1.82) is 0 Å². The summed E-state index contributed by atoms with van der Waals surface area (Å²) in [6.45, 7) is 10.2. The zero-order chi connectivity index (χ0) is 12.7. The molecule has 0 aliphatic carbocycles. The second-order valence-electron chi connectivity index (χ2n) is 4.52. The summed E-state index contributed by atoms with van der Waals surface area (Å²) in [4.78, 5) is 2.48. The van der Waals surface area contributed by atoms with Crippen molar-refractivity contribution in [3.8, 4) is 0 Å². The van der Waals surface area contributed by atoms with Gasteiger partial charge < -0.3 is 10.2 Å². The molecule has 1 aromatic carbocycles. The summed E-state index contributed by atoms with van der Waals surface area (Å²) in [6, 6.07) is 6.65. The molecule has 0 saturated carbocycles. The molecule has 1 N–H and O–H groups in total. The first-order chi connectivity index (χ1) is 8.21. The molecule has 1 rings (SSSR count). The van der Waals surface area contributed by atoms with Crippen molar-refractivity contribution in [3.63, 3.8) is 0 Å². The van der Waals surface area contributed by atoms with Gasteiger partial charge in [0.05, 0.1) is 0 Å². The third-order valence-electron chi connectivity index (χ3n) is 3.45. The summed E-state index contributed by atoms with van der Waals surface area (Å²) in [6.07, 6.45) is 2.44. The van der Waals surface area contributed by atoms with E-state index in [0.717, 1.165) is 13.1 Å². The van der Waals surface area contributed by atoms with E-state index in [1.54, 1.807) is 0 Å². The van der Waals surface area contributed by atoms with E-state index < -0.39 is 0 Å². The van der Waals surface area contributed by atoms with Gasteiger partial charge in [-0.3, -0.25) is 0 Å². The molecule has 0 fully saturated rings. The van der Waals surface area contributed by atoms with E-state index in [0.29, 0.717) is 0 Å². The first-order valence-electron chi connectivity index (χ1n) is 6.70. The smallest absolute Gasteiger partial charge is 0.0340 e. The summed E-state index contributed by atoms with van der Waals surface area (Å²) in [7, 11) is 1.97. The van der Waals surface area contributed by atoms with Crippen molar-refractivity contribution in [2.45, 2.75) is 33.6 Å². The van der Waals surface area contributed by atoms with Crippen LogP contribution in [0.15, 0.2) is 18.2 Å². The van der Waals surface area contributed by atoms with Gasteiger partial charge >= 0.3 is 0 Å². The normalized spacial score (nSPS) is 10.9. The molecule has 0 aromatic heterocycles. The maximum atomic E-state index is 3.18. The Morgan fingerprint density at radius 2 is 1.88 bits per heavy atom. The summed E-state index contributed by atoms with van der Waals surface area (Å²) >= 11 is 0. The van der Waals surface area contributed by atoms with E-state index in [1.165, 1.54) is 36.2 Å². The van der Waals surface area contributed by atoms with Crippen molar-refractivity contribution in [1.82, 2.24) is 4.90 Å². The Kier molecular flexibility index (Phi) is 6.06. The Balaban J connectivity index is 2.46.